The summed E-state index contributed by atoms with van der Waals surface area (Å²) in [6.45, 7) is 2.63. The van der Waals surface area contributed by atoms with Gasteiger partial charge in [0.25, 0.3) is 5.91 Å². The van der Waals surface area contributed by atoms with E-state index in [0.29, 0.717) is 11.3 Å². The van der Waals surface area contributed by atoms with E-state index < -0.39 is 37.2 Å². The molecule has 1 amide bonds. The van der Waals surface area contributed by atoms with E-state index in [1.54, 1.807) is 0 Å². The zero-order valence-corrected chi connectivity index (χ0v) is 12.9. The Labute approximate surface area is 123 Å². The smallest absolute Gasteiger partial charge is 0.335 e. The van der Waals surface area contributed by atoms with Crippen LogP contribution in [0.3, 0.4) is 0 Å². The summed E-state index contributed by atoms with van der Waals surface area (Å²) in [5.74, 6) is -1.15. The van der Waals surface area contributed by atoms with Gasteiger partial charge in [0.15, 0.2) is 15.5 Å². The van der Waals surface area contributed by atoms with E-state index in [4.69, 9.17) is 0 Å². The van der Waals surface area contributed by atoms with E-state index >= 15 is 0 Å². The molecule has 0 atom stereocenters. The molecule has 1 fully saturated rings. The Morgan fingerprint density at radius 1 is 1.43 bits per heavy atom. The molecule has 1 aromatic heterocycles. The van der Waals surface area contributed by atoms with Crippen LogP contribution < -0.4 is 0 Å². The summed E-state index contributed by atoms with van der Waals surface area (Å²) in [5.41, 5.74) is 0.296. The van der Waals surface area contributed by atoms with Gasteiger partial charge in [-0.15, -0.1) is 11.3 Å². The van der Waals surface area contributed by atoms with E-state index in [9.17, 15) is 26.4 Å². The Balaban J connectivity index is 2.29. The highest BCUT2D eigenvalue weighted by molar-refractivity contribution is 7.92. The number of carbonyl (C=O) groups excluding carboxylic acids is 1. The highest BCUT2D eigenvalue weighted by atomic mass is 32.2. The third-order valence-electron chi connectivity index (χ3n) is 3.36. The maximum Gasteiger partial charge on any atom is 0.427 e. The van der Waals surface area contributed by atoms with Gasteiger partial charge in [-0.2, -0.15) is 13.2 Å². The molecule has 1 saturated heterocycles. The fourth-order valence-corrected chi connectivity index (χ4v) is 4.08. The molecule has 0 radical (unpaired) electrons. The molecule has 0 spiro atoms. The number of halogens is 3. The van der Waals surface area contributed by atoms with Crippen LogP contribution >= 0.6 is 11.3 Å². The number of rotatable bonds is 1. The fraction of sp³-hybridized carbons (Fsp3) is 0.636. The van der Waals surface area contributed by atoms with Gasteiger partial charge in [0.05, 0.1) is 16.0 Å². The van der Waals surface area contributed by atoms with Crippen molar-refractivity contribution in [2.75, 3.05) is 18.8 Å². The summed E-state index contributed by atoms with van der Waals surface area (Å²) in [6.07, 6.45) is -4.65. The van der Waals surface area contributed by atoms with Crippen molar-refractivity contribution in [2.45, 2.75) is 24.8 Å². The first kappa shape index (κ1) is 16.2. The second kappa shape index (κ2) is 4.94. The van der Waals surface area contributed by atoms with E-state index in [2.05, 4.69) is 4.98 Å². The predicted octanol–water partition coefficient (Wildman–Crippen LogP) is 1.81. The molecule has 2 rings (SSSR count). The minimum absolute atomic E-state index is 0.126. The van der Waals surface area contributed by atoms with Gasteiger partial charge < -0.3 is 4.90 Å². The first-order valence-electron chi connectivity index (χ1n) is 5.98. The highest BCUT2D eigenvalue weighted by Gasteiger charge is 2.44. The lowest BCUT2D eigenvalue weighted by Gasteiger charge is -2.37. The Hall–Kier alpha value is -1.16. The summed E-state index contributed by atoms with van der Waals surface area (Å²) in [5, 5.41) is 0. The van der Waals surface area contributed by atoms with Crippen LogP contribution in [0.1, 0.15) is 29.2 Å². The molecule has 0 unspecified atom stereocenters. The number of sulfone groups is 1. The van der Waals surface area contributed by atoms with E-state index in [1.807, 2.05) is 0 Å². The number of carbonyl (C=O) groups is 1. The van der Waals surface area contributed by atoms with Crippen molar-refractivity contribution < 1.29 is 26.4 Å². The zero-order chi connectivity index (χ0) is 16.1. The largest absolute Gasteiger partial charge is 0.427 e. The number of hydrogen-bond acceptors (Lipinski definition) is 5. The number of alkyl halides is 3. The van der Waals surface area contributed by atoms with Crippen LogP contribution in [0.2, 0.25) is 0 Å². The highest BCUT2D eigenvalue weighted by Crippen LogP contribution is 2.35. The van der Waals surface area contributed by atoms with Gasteiger partial charge in [-0.05, 0) is 13.8 Å². The van der Waals surface area contributed by atoms with Crippen LogP contribution in [-0.4, -0.2) is 47.8 Å². The summed E-state index contributed by atoms with van der Waals surface area (Å²) < 4.78 is 60.9. The van der Waals surface area contributed by atoms with Crippen LogP contribution in [0.15, 0.2) is 5.51 Å². The summed E-state index contributed by atoms with van der Waals surface area (Å²) >= 11 is 0.347. The Kier molecular flexibility index (Phi) is 3.81. The van der Waals surface area contributed by atoms with Crippen molar-refractivity contribution in [1.29, 1.82) is 0 Å². The molecule has 2 heterocycles. The van der Waals surface area contributed by atoms with Gasteiger partial charge in [0.2, 0.25) is 0 Å². The molecule has 0 N–H and O–H groups in total. The Bertz CT molecular complexity index is 664. The van der Waals surface area contributed by atoms with Crippen LogP contribution in [-0.2, 0) is 16.0 Å². The monoisotopic (exact) mass is 342 g/mol. The number of amides is 1. The van der Waals surface area contributed by atoms with Gasteiger partial charge in [-0.1, -0.05) is 0 Å². The minimum Gasteiger partial charge on any atom is -0.335 e. The Morgan fingerprint density at radius 3 is 2.57 bits per heavy atom. The first-order chi connectivity index (χ1) is 9.46. The van der Waals surface area contributed by atoms with Gasteiger partial charge in [0.1, 0.15) is 4.88 Å². The topological polar surface area (TPSA) is 67.3 Å². The fourth-order valence-electron chi connectivity index (χ4n) is 2.07. The lowest BCUT2D eigenvalue weighted by Crippen LogP contribution is -2.54. The van der Waals surface area contributed by atoms with Crippen molar-refractivity contribution in [3.05, 3.63) is 16.1 Å². The molecule has 1 aliphatic heterocycles. The molecule has 0 aliphatic carbocycles. The molecule has 0 aromatic carbocycles. The SMILES string of the molecule is CC1(C)CN(C(=O)c2ncsc2C(F)(F)F)CCS1(=O)=O. The quantitative estimate of drug-likeness (QED) is 0.781. The molecule has 10 heteroatoms. The molecule has 0 bridgehead atoms. The molecular weight excluding hydrogens is 329 g/mol. The lowest BCUT2D eigenvalue weighted by molar-refractivity contribution is -0.134. The summed E-state index contributed by atoms with van der Waals surface area (Å²) in [6, 6.07) is 0. The third-order valence-corrected chi connectivity index (χ3v) is 6.76. The van der Waals surface area contributed by atoms with Gasteiger partial charge in [-0.25, -0.2) is 13.4 Å². The van der Waals surface area contributed by atoms with Crippen molar-refractivity contribution in [3.63, 3.8) is 0 Å². The second-order valence-electron chi connectivity index (χ2n) is 5.33. The number of nitrogens with zero attached hydrogens (tertiary/aromatic N) is 2. The van der Waals surface area contributed by atoms with Gasteiger partial charge >= 0.3 is 6.18 Å². The standard InChI is InChI=1S/C11H13F3N2O3S2/c1-10(2)5-16(3-4-21(10,18)19)9(17)7-8(11(12,13)14)20-6-15-7/h6H,3-5H2,1-2H3. The van der Waals surface area contributed by atoms with Crippen LogP contribution in [0.4, 0.5) is 13.2 Å². The average molecular weight is 342 g/mol. The number of hydrogen-bond donors (Lipinski definition) is 0. The van der Waals surface area contributed by atoms with E-state index in [0.717, 1.165) is 10.4 Å². The number of aromatic nitrogens is 1. The summed E-state index contributed by atoms with van der Waals surface area (Å²) in [4.78, 5) is 15.8. The van der Waals surface area contributed by atoms with Gasteiger partial charge in [0, 0.05) is 13.1 Å². The van der Waals surface area contributed by atoms with E-state index in [-0.39, 0.29) is 18.8 Å². The van der Waals surface area contributed by atoms with Crippen LogP contribution in [0, 0.1) is 0 Å². The van der Waals surface area contributed by atoms with E-state index in [1.165, 1.54) is 13.8 Å². The van der Waals surface area contributed by atoms with Crippen molar-refractivity contribution in [3.8, 4) is 0 Å². The van der Waals surface area contributed by atoms with Crippen molar-refractivity contribution in [2.24, 2.45) is 0 Å². The maximum atomic E-state index is 12.8. The van der Waals surface area contributed by atoms with Crippen LogP contribution in [0.25, 0.3) is 0 Å². The summed E-state index contributed by atoms with van der Waals surface area (Å²) in [7, 11) is -3.37. The van der Waals surface area contributed by atoms with Crippen molar-refractivity contribution >= 4 is 27.1 Å². The Morgan fingerprint density at radius 2 is 2.05 bits per heavy atom. The predicted molar refractivity (Wildman–Crippen MR) is 70.9 cm³/mol. The van der Waals surface area contributed by atoms with Gasteiger partial charge in [-0.3, -0.25) is 4.79 Å². The first-order valence-corrected chi connectivity index (χ1v) is 8.51. The van der Waals surface area contributed by atoms with Crippen LogP contribution in [0.5, 0.6) is 0 Å². The molecular formula is C11H13F3N2O3S2. The molecule has 0 saturated carbocycles. The molecule has 1 aliphatic rings. The normalized spacial score (nSPS) is 21.3. The van der Waals surface area contributed by atoms with Crippen molar-refractivity contribution in [1.82, 2.24) is 9.88 Å². The third kappa shape index (κ3) is 2.91. The zero-order valence-electron chi connectivity index (χ0n) is 11.3. The number of thiazole rings is 1. The molecule has 21 heavy (non-hydrogen) atoms. The lowest BCUT2D eigenvalue weighted by atomic mass is 10.1. The second-order valence-corrected chi connectivity index (χ2v) is 8.93. The maximum absolute atomic E-state index is 12.8. The average Bonchev–Trinajstić information content (AvgIpc) is 2.80. The molecule has 1 aromatic rings. The molecule has 118 valence electrons. The minimum atomic E-state index is -4.65. The molecule has 5 nitrogen and oxygen atoms in total.